The Morgan fingerprint density at radius 1 is 0.412 bits per heavy atom. The molecular formula is C48H43N3. The highest BCUT2D eigenvalue weighted by Gasteiger charge is 2.23. The predicted octanol–water partition coefficient (Wildman–Crippen LogP) is 12.8. The number of nitrogens with zero attached hydrogens (tertiary/aromatic N) is 3. The Hall–Kier alpha value is -5.80. The number of benzene rings is 6. The van der Waals surface area contributed by atoms with Crippen molar-refractivity contribution in [3.8, 4) is 50.7 Å². The van der Waals surface area contributed by atoms with Gasteiger partial charge < -0.3 is 4.57 Å². The molecule has 0 aliphatic heterocycles. The van der Waals surface area contributed by atoms with Crippen molar-refractivity contribution in [2.24, 2.45) is 0 Å². The molecule has 0 aliphatic rings. The molecule has 0 spiro atoms. The minimum atomic E-state index is 0.0525. The van der Waals surface area contributed by atoms with Gasteiger partial charge in [-0.1, -0.05) is 157 Å². The van der Waals surface area contributed by atoms with Gasteiger partial charge in [0.15, 0.2) is 5.82 Å². The Bertz CT molecular complexity index is 2360. The second-order valence-electron chi connectivity index (χ2n) is 15.6. The van der Waals surface area contributed by atoms with Crippen molar-refractivity contribution >= 4 is 21.8 Å². The number of rotatable bonds is 5. The highest BCUT2D eigenvalue weighted by Crippen LogP contribution is 2.41. The molecule has 8 aromatic rings. The van der Waals surface area contributed by atoms with E-state index in [1.807, 2.05) is 18.2 Å². The van der Waals surface area contributed by atoms with Gasteiger partial charge in [-0.25, -0.2) is 9.97 Å². The second kappa shape index (κ2) is 12.5. The first-order valence-corrected chi connectivity index (χ1v) is 17.8. The molecule has 0 radical (unpaired) electrons. The molecule has 0 saturated carbocycles. The van der Waals surface area contributed by atoms with Crippen LogP contribution in [0.25, 0.3) is 72.5 Å². The van der Waals surface area contributed by atoms with Gasteiger partial charge in [-0.15, -0.1) is 0 Å². The molecule has 0 fully saturated rings. The first-order valence-electron chi connectivity index (χ1n) is 17.8. The molecule has 3 nitrogen and oxygen atoms in total. The molecule has 3 heteroatoms. The van der Waals surface area contributed by atoms with E-state index in [0.717, 1.165) is 44.9 Å². The van der Waals surface area contributed by atoms with E-state index < -0.39 is 0 Å². The summed E-state index contributed by atoms with van der Waals surface area (Å²) in [6.45, 7) is 13.7. The molecule has 0 N–H and O–H groups in total. The maximum absolute atomic E-state index is 5.27. The number of hydrogen-bond acceptors (Lipinski definition) is 2. The van der Waals surface area contributed by atoms with Gasteiger partial charge in [-0.3, -0.25) is 0 Å². The molecule has 8 rings (SSSR count). The van der Waals surface area contributed by atoms with Crippen molar-refractivity contribution in [2.75, 3.05) is 0 Å². The van der Waals surface area contributed by atoms with Gasteiger partial charge in [0, 0.05) is 38.7 Å². The zero-order chi connectivity index (χ0) is 35.3. The molecule has 0 bridgehead atoms. The van der Waals surface area contributed by atoms with Crippen LogP contribution in [0.2, 0.25) is 0 Å². The summed E-state index contributed by atoms with van der Waals surface area (Å²) in [5.74, 6) is 0.711. The third-order valence-corrected chi connectivity index (χ3v) is 9.95. The van der Waals surface area contributed by atoms with Crippen LogP contribution in [0.1, 0.15) is 52.7 Å². The van der Waals surface area contributed by atoms with Crippen LogP contribution in [0, 0.1) is 0 Å². The van der Waals surface area contributed by atoms with Crippen molar-refractivity contribution in [2.45, 2.75) is 52.4 Å². The maximum Gasteiger partial charge on any atom is 0.160 e. The van der Waals surface area contributed by atoms with Gasteiger partial charge in [0.2, 0.25) is 0 Å². The molecule has 2 heterocycles. The van der Waals surface area contributed by atoms with Gasteiger partial charge in [0.1, 0.15) is 0 Å². The quantitative estimate of drug-likeness (QED) is 0.184. The van der Waals surface area contributed by atoms with Crippen LogP contribution in [-0.4, -0.2) is 14.5 Å². The minimum Gasteiger partial charge on any atom is -0.309 e. The summed E-state index contributed by atoms with van der Waals surface area (Å²) >= 11 is 0. The SMILES string of the molecule is CC(C)(C)c1ccc2c(c1)c1cc(C(C)(C)C)ccc1n2-c1ccc(-c2c(-c3ccccc3)nc(-c3ccccc3)nc2-c2ccccc2)cc1. The van der Waals surface area contributed by atoms with E-state index in [2.05, 4.69) is 180 Å². The molecule has 51 heavy (non-hydrogen) atoms. The highest BCUT2D eigenvalue weighted by atomic mass is 15.0. The van der Waals surface area contributed by atoms with Gasteiger partial charge in [0.05, 0.1) is 22.4 Å². The van der Waals surface area contributed by atoms with E-state index in [4.69, 9.17) is 9.97 Å². The van der Waals surface area contributed by atoms with Crippen LogP contribution < -0.4 is 0 Å². The first-order chi connectivity index (χ1) is 24.6. The molecular weight excluding hydrogens is 619 g/mol. The second-order valence-corrected chi connectivity index (χ2v) is 15.6. The van der Waals surface area contributed by atoms with E-state index in [9.17, 15) is 0 Å². The zero-order valence-electron chi connectivity index (χ0n) is 30.3. The Kier molecular flexibility index (Phi) is 7.95. The summed E-state index contributed by atoms with van der Waals surface area (Å²) in [4.78, 5) is 10.5. The van der Waals surface area contributed by atoms with Crippen LogP contribution in [-0.2, 0) is 10.8 Å². The average molecular weight is 662 g/mol. The molecule has 0 amide bonds. The van der Waals surface area contributed by atoms with E-state index in [1.54, 1.807) is 0 Å². The van der Waals surface area contributed by atoms with E-state index in [1.165, 1.54) is 32.9 Å². The lowest BCUT2D eigenvalue weighted by molar-refractivity contribution is 0.590. The molecule has 0 saturated heterocycles. The van der Waals surface area contributed by atoms with Crippen molar-refractivity contribution in [1.82, 2.24) is 14.5 Å². The van der Waals surface area contributed by atoms with Crippen molar-refractivity contribution in [3.05, 3.63) is 163 Å². The number of aromatic nitrogens is 3. The number of hydrogen-bond donors (Lipinski definition) is 0. The molecule has 2 aromatic heterocycles. The minimum absolute atomic E-state index is 0.0525. The summed E-state index contributed by atoms with van der Waals surface area (Å²) in [5.41, 5.74) is 13.3. The third kappa shape index (κ3) is 6.04. The van der Waals surface area contributed by atoms with Crippen LogP contribution in [0.15, 0.2) is 152 Å². The van der Waals surface area contributed by atoms with Crippen LogP contribution >= 0.6 is 0 Å². The number of fused-ring (bicyclic) bond motifs is 3. The Morgan fingerprint density at radius 2 is 0.824 bits per heavy atom. The highest BCUT2D eigenvalue weighted by molar-refractivity contribution is 6.10. The monoisotopic (exact) mass is 661 g/mol. The largest absolute Gasteiger partial charge is 0.309 e. The topological polar surface area (TPSA) is 30.7 Å². The molecule has 0 unspecified atom stereocenters. The fourth-order valence-corrected chi connectivity index (χ4v) is 7.07. The Morgan fingerprint density at radius 3 is 1.24 bits per heavy atom. The van der Waals surface area contributed by atoms with Gasteiger partial charge in [0.25, 0.3) is 0 Å². The summed E-state index contributed by atoms with van der Waals surface area (Å²) < 4.78 is 2.42. The Balaban J connectivity index is 1.35. The molecule has 0 atom stereocenters. The summed E-state index contributed by atoms with van der Waals surface area (Å²) in [6.07, 6.45) is 0. The smallest absolute Gasteiger partial charge is 0.160 e. The normalized spacial score (nSPS) is 12.1. The van der Waals surface area contributed by atoms with Gasteiger partial charge in [-0.2, -0.15) is 0 Å². The van der Waals surface area contributed by atoms with E-state index in [-0.39, 0.29) is 10.8 Å². The third-order valence-electron chi connectivity index (χ3n) is 9.95. The van der Waals surface area contributed by atoms with Crippen LogP contribution in [0.5, 0.6) is 0 Å². The van der Waals surface area contributed by atoms with Crippen LogP contribution in [0.4, 0.5) is 0 Å². The standard InChI is InChI=1S/C48H43N3/c1-47(2,3)36-24-28-41-39(30-36)40-31-37(48(4,5)6)25-29-42(40)51(41)38-26-22-32(23-27-38)43-44(33-16-10-7-11-17-33)49-46(35-20-14-9-15-21-35)50-45(43)34-18-12-8-13-19-34/h7-31H,1-6H3. The van der Waals surface area contributed by atoms with Gasteiger partial charge in [-0.05, 0) is 63.9 Å². The lowest BCUT2D eigenvalue weighted by Gasteiger charge is -2.19. The summed E-state index contributed by atoms with van der Waals surface area (Å²) in [5, 5.41) is 2.57. The maximum atomic E-state index is 5.27. The van der Waals surface area contributed by atoms with Gasteiger partial charge >= 0.3 is 0 Å². The lowest BCUT2D eigenvalue weighted by Crippen LogP contribution is -2.10. The first kappa shape index (κ1) is 32.4. The lowest BCUT2D eigenvalue weighted by atomic mass is 9.85. The van der Waals surface area contributed by atoms with Crippen molar-refractivity contribution in [1.29, 1.82) is 0 Å². The molecule has 250 valence electrons. The fourth-order valence-electron chi connectivity index (χ4n) is 7.07. The summed E-state index contributed by atoms with van der Waals surface area (Å²) in [7, 11) is 0. The molecule has 6 aromatic carbocycles. The van der Waals surface area contributed by atoms with E-state index in [0.29, 0.717) is 5.82 Å². The fraction of sp³-hybridized carbons (Fsp3) is 0.167. The van der Waals surface area contributed by atoms with Crippen molar-refractivity contribution in [3.63, 3.8) is 0 Å². The van der Waals surface area contributed by atoms with Crippen LogP contribution in [0.3, 0.4) is 0 Å². The van der Waals surface area contributed by atoms with E-state index >= 15 is 0 Å². The average Bonchev–Trinajstić information content (AvgIpc) is 3.48. The molecule has 0 aliphatic carbocycles. The zero-order valence-corrected chi connectivity index (χ0v) is 30.3. The predicted molar refractivity (Wildman–Crippen MR) is 216 cm³/mol. The van der Waals surface area contributed by atoms with Crippen molar-refractivity contribution < 1.29 is 0 Å². The summed E-state index contributed by atoms with van der Waals surface area (Å²) in [6, 6.07) is 54.2. The Labute approximate surface area is 301 Å².